The number of methoxy groups -OCH3 is 1. The Bertz CT molecular complexity index is 638. The largest absolute Gasteiger partial charge is 0.497 e. The molecule has 0 radical (unpaired) electrons. The summed E-state index contributed by atoms with van der Waals surface area (Å²) in [5.74, 6) is 0.360. The lowest BCUT2D eigenvalue weighted by Crippen LogP contribution is -2.24. The van der Waals surface area contributed by atoms with Crippen molar-refractivity contribution >= 4 is 11.5 Å². The molecule has 0 bridgehead atoms. The zero-order chi connectivity index (χ0) is 14.9. The molecule has 2 heterocycles. The number of hydrogen-bond donors (Lipinski definition) is 1. The molecule has 0 aliphatic carbocycles. The Morgan fingerprint density at radius 3 is 2.60 bits per heavy atom. The van der Waals surface area contributed by atoms with E-state index in [2.05, 4.69) is 0 Å². The molecule has 0 amide bonds. The van der Waals surface area contributed by atoms with Crippen molar-refractivity contribution in [2.75, 3.05) is 7.11 Å². The van der Waals surface area contributed by atoms with E-state index in [1.54, 1.807) is 29.8 Å². The topological polar surface area (TPSA) is 66.0 Å². The Kier molecular flexibility index (Phi) is 3.72. The zero-order valence-electron chi connectivity index (χ0n) is 12.3. The smallest absolute Gasteiger partial charge is 0.355 e. The van der Waals surface area contributed by atoms with Crippen LogP contribution < -0.4 is 10.5 Å². The number of rotatable bonds is 3. The summed E-state index contributed by atoms with van der Waals surface area (Å²) < 4.78 is 12.4. The molecule has 20 heavy (non-hydrogen) atoms. The third kappa shape index (κ3) is 2.77. The van der Waals surface area contributed by atoms with Gasteiger partial charge in [0, 0.05) is 18.8 Å². The summed E-state index contributed by atoms with van der Waals surface area (Å²) in [6.45, 7) is 5.87. The van der Waals surface area contributed by atoms with Gasteiger partial charge in [0.25, 0.3) is 0 Å². The molecule has 5 nitrogen and oxygen atoms in total. The Morgan fingerprint density at radius 2 is 2.05 bits per heavy atom. The fourth-order valence-corrected chi connectivity index (χ4v) is 2.02. The Balaban J connectivity index is 2.52. The molecular formula is C15H20N2O3. The van der Waals surface area contributed by atoms with Crippen molar-refractivity contribution < 1.29 is 14.3 Å². The zero-order valence-corrected chi connectivity index (χ0v) is 12.3. The van der Waals surface area contributed by atoms with Crippen LogP contribution in [-0.2, 0) is 11.3 Å². The number of pyridine rings is 1. The minimum absolute atomic E-state index is 0.347. The van der Waals surface area contributed by atoms with Gasteiger partial charge in [-0.15, -0.1) is 0 Å². The highest BCUT2D eigenvalue weighted by atomic mass is 16.6. The molecular weight excluding hydrogens is 256 g/mol. The molecule has 0 fully saturated rings. The number of nitrogens with zero attached hydrogens (tertiary/aromatic N) is 1. The first-order valence-electron chi connectivity index (χ1n) is 6.47. The van der Waals surface area contributed by atoms with E-state index in [1.165, 1.54) is 0 Å². The van der Waals surface area contributed by atoms with E-state index in [0.717, 1.165) is 16.8 Å². The van der Waals surface area contributed by atoms with Gasteiger partial charge in [0.2, 0.25) is 0 Å². The number of nitrogens with two attached hydrogens (primary N) is 1. The molecule has 5 heteroatoms. The average molecular weight is 276 g/mol. The van der Waals surface area contributed by atoms with Gasteiger partial charge in [0.15, 0.2) is 0 Å². The summed E-state index contributed by atoms with van der Waals surface area (Å²) in [5.41, 5.74) is 7.41. The van der Waals surface area contributed by atoms with Crippen LogP contribution in [-0.4, -0.2) is 23.1 Å². The van der Waals surface area contributed by atoms with E-state index in [-0.39, 0.29) is 5.97 Å². The third-order valence-corrected chi connectivity index (χ3v) is 2.89. The number of hydrogen-bond acceptors (Lipinski definition) is 4. The lowest BCUT2D eigenvalue weighted by Gasteiger charge is -2.19. The first-order valence-corrected chi connectivity index (χ1v) is 6.47. The maximum Gasteiger partial charge on any atom is 0.355 e. The molecule has 0 unspecified atom stereocenters. The summed E-state index contributed by atoms with van der Waals surface area (Å²) in [4.78, 5) is 12.2. The van der Waals surface area contributed by atoms with Crippen LogP contribution in [0.2, 0.25) is 0 Å². The minimum atomic E-state index is -0.531. The highest BCUT2D eigenvalue weighted by molar-refractivity contribution is 5.90. The van der Waals surface area contributed by atoms with E-state index >= 15 is 0 Å². The first kappa shape index (κ1) is 14.4. The van der Waals surface area contributed by atoms with Crippen molar-refractivity contribution in [3.8, 4) is 5.75 Å². The molecule has 0 aliphatic rings. The summed E-state index contributed by atoms with van der Waals surface area (Å²) in [7, 11) is 1.60. The van der Waals surface area contributed by atoms with Crippen molar-refractivity contribution in [1.29, 1.82) is 0 Å². The number of ether oxygens (including phenoxy) is 2. The van der Waals surface area contributed by atoms with Crippen molar-refractivity contribution in [3.05, 3.63) is 35.7 Å². The second-order valence-electron chi connectivity index (χ2n) is 5.58. The van der Waals surface area contributed by atoms with Gasteiger partial charge in [-0.05, 0) is 38.5 Å². The van der Waals surface area contributed by atoms with Crippen molar-refractivity contribution in [3.63, 3.8) is 0 Å². The molecule has 2 N–H and O–H groups in total. The van der Waals surface area contributed by atoms with Gasteiger partial charge in [0.1, 0.15) is 17.0 Å². The van der Waals surface area contributed by atoms with Crippen LogP contribution in [0.15, 0.2) is 24.4 Å². The van der Waals surface area contributed by atoms with Gasteiger partial charge >= 0.3 is 5.97 Å². The summed E-state index contributed by atoms with van der Waals surface area (Å²) in [6.07, 6.45) is 1.78. The van der Waals surface area contributed by atoms with E-state index in [0.29, 0.717) is 12.2 Å². The van der Waals surface area contributed by atoms with Crippen LogP contribution in [0.3, 0.4) is 0 Å². The lowest BCUT2D eigenvalue weighted by molar-refractivity contribution is 0.00618. The molecule has 0 saturated carbocycles. The molecule has 2 rings (SSSR count). The Hall–Kier alpha value is -2.01. The normalized spacial score (nSPS) is 11.7. The summed E-state index contributed by atoms with van der Waals surface area (Å²) in [5, 5.41) is 0. The molecule has 2 aromatic rings. The number of esters is 1. The van der Waals surface area contributed by atoms with E-state index < -0.39 is 5.60 Å². The SMILES string of the molecule is COc1ccn2c(C(=O)OC(C)(C)C)cc(CN)c2c1. The third-order valence-electron chi connectivity index (χ3n) is 2.89. The average Bonchev–Trinajstić information content (AvgIpc) is 2.74. The van der Waals surface area contributed by atoms with E-state index in [1.807, 2.05) is 26.8 Å². The predicted molar refractivity (Wildman–Crippen MR) is 77.0 cm³/mol. The second kappa shape index (κ2) is 5.17. The number of carbonyl (C=O) groups excluding carboxylic acids is 1. The van der Waals surface area contributed by atoms with Gasteiger partial charge in [-0.2, -0.15) is 0 Å². The second-order valence-corrected chi connectivity index (χ2v) is 5.58. The van der Waals surface area contributed by atoms with Crippen LogP contribution >= 0.6 is 0 Å². The highest BCUT2D eigenvalue weighted by Crippen LogP contribution is 2.23. The molecule has 0 saturated heterocycles. The minimum Gasteiger partial charge on any atom is -0.497 e. The first-order chi connectivity index (χ1) is 9.35. The maximum absolute atomic E-state index is 12.2. The number of carbonyl (C=O) groups is 1. The number of fused-ring (bicyclic) bond motifs is 1. The maximum atomic E-state index is 12.2. The Morgan fingerprint density at radius 1 is 1.35 bits per heavy atom. The number of aromatic nitrogens is 1. The molecule has 2 aromatic heterocycles. The van der Waals surface area contributed by atoms with Crippen LogP contribution in [0.5, 0.6) is 5.75 Å². The molecule has 0 spiro atoms. The summed E-state index contributed by atoms with van der Waals surface area (Å²) in [6, 6.07) is 5.42. The van der Waals surface area contributed by atoms with Crippen molar-refractivity contribution in [2.24, 2.45) is 5.73 Å². The molecule has 0 aromatic carbocycles. The highest BCUT2D eigenvalue weighted by Gasteiger charge is 2.22. The van der Waals surface area contributed by atoms with Gasteiger partial charge in [-0.3, -0.25) is 0 Å². The van der Waals surface area contributed by atoms with Crippen LogP contribution in [0, 0.1) is 0 Å². The monoisotopic (exact) mass is 276 g/mol. The molecule has 108 valence electrons. The van der Waals surface area contributed by atoms with Gasteiger partial charge in [0.05, 0.1) is 12.6 Å². The fourth-order valence-electron chi connectivity index (χ4n) is 2.02. The summed E-state index contributed by atoms with van der Waals surface area (Å²) >= 11 is 0. The van der Waals surface area contributed by atoms with E-state index in [4.69, 9.17) is 15.2 Å². The molecule has 0 aliphatic heterocycles. The van der Waals surface area contributed by atoms with Crippen LogP contribution in [0.1, 0.15) is 36.8 Å². The van der Waals surface area contributed by atoms with Gasteiger partial charge in [-0.1, -0.05) is 0 Å². The fraction of sp³-hybridized carbons (Fsp3) is 0.400. The van der Waals surface area contributed by atoms with Gasteiger partial charge < -0.3 is 19.6 Å². The quantitative estimate of drug-likeness (QED) is 0.874. The van der Waals surface area contributed by atoms with Crippen LogP contribution in [0.25, 0.3) is 5.52 Å². The lowest BCUT2D eigenvalue weighted by atomic mass is 10.2. The Labute approximate surface area is 118 Å². The van der Waals surface area contributed by atoms with Crippen LogP contribution in [0.4, 0.5) is 0 Å². The van der Waals surface area contributed by atoms with E-state index in [9.17, 15) is 4.79 Å². The predicted octanol–water partition coefficient (Wildman–Crippen LogP) is 2.36. The van der Waals surface area contributed by atoms with Crippen molar-refractivity contribution in [2.45, 2.75) is 32.9 Å². The van der Waals surface area contributed by atoms with Crippen molar-refractivity contribution in [1.82, 2.24) is 4.40 Å². The van der Waals surface area contributed by atoms with Gasteiger partial charge in [-0.25, -0.2) is 4.79 Å². The molecule has 0 atom stereocenters. The standard InChI is InChI=1S/C15H20N2O3/c1-15(2,3)20-14(18)13-7-10(9-16)12-8-11(19-4)5-6-17(12)13/h5-8H,9,16H2,1-4H3.